The number of pyridine rings is 1. The van der Waals surface area contributed by atoms with Crippen LogP contribution < -0.4 is 15.2 Å². The predicted octanol–water partition coefficient (Wildman–Crippen LogP) is 1.71. The Labute approximate surface area is 172 Å². The molecule has 0 unspecified atom stereocenters. The number of aromatic nitrogens is 1. The third-order valence-electron chi connectivity index (χ3n) is 6.19. The highest BCUT2D eigenvalue weighted by atomic mass is 32.2. The Hall–Kier alpha value is -1.71. The minimum atomic E-state index is -3.32. The van der Waals surface area contributed by atoms with E-state index < -0.39 is 21.3 Å². The fourth-order valence-electron chi connectivity index (χ4n) is 4.62. The van der Waals surface area contributed by atoms with Gasteiger partial charge in [0.2, 0.25) is 15.9 Å². The molecule has 162 valence electrons. The standard InChI is InChI=1S/C20H31N3O5S/c1-27-17-4-3-11-22-18(17)14-5-7-16(8-6-14)28-13-20(19(21)24)10-9-15(12-20)23-29(2,25)26/h3-4,11,14-16,23H,5-10,12-13H2,1-2H3,(H2,21,24)/t14-,15-,16+,20-/m0/s1. The first-order valence-corrected chi connectivity index (χ1v) is 12.0. The molecule has 2 saturated carbocycles. The van der Waals surface area contributed by atoms with Crippen LogP contribution in [0.4, 0.5) is 0 Å². The normalized spacial score (nSPS) is 30.2. The molecule has 1 aromatic rings. The molecule has 8 nitrogen and oxygen atoms in total. The molecule has 2 atom stereocenters. The quantitative estimate of drug-likeness (QED) is 0.654. The van der Waals surface area contributed by atoms with Gasteiger partial charge in [0.05, 0.1) is 37.2 Å². The van der Waals surface area contributed by atoms with E-state index in [0.717, 1.165) is 43.4 Å². The first kappa shape index (κ1) is 22.0. The van der Waals surface area contributed by atoms with E-state index in [1.165, 1.54) is 0 Å². The summed E-state index contributed by atoms with van der Waals surface area (Å²) < 4.78 is 37.1. The molecule has 0 spiro atoms. The zero-order chi connectivity index (χ0) is 21.1. The number of nitrogens with zero attached hydrogens (tertiary/aromatic N) is 1. The van der Waals surface area contributed by atoms with Crippen LogP contribution in [0.1, 0.15) is 56.6 Å². The van der Waals surface area contributed by atoms with Crippen molar-refractivity contribution < 1.29 is 22.7 Å². The van der Waals surface area contributed by atoms with E-state index in [4.69, 9.17) is 15.2 Å². The Kier molecular flexibility index (Phi) is 6.80. The van der Waals surface area contributed by atoms with E-state index in [1.54, 1.807) is 13.3 Å². The van der Waals surface area contributed by atoms with E-state index in [1.807, 2.05) is 12.1 Å². The van der Waals surface area contributed by atoms with Crippen molar-refractivity contribution in [2.24, 2.45) is 11.1 Å². The van der Waals surface area contributed by atoms with Crippen LogP contribution in [0.5, 0.6) is 5.75 Å². The molecule has 9 heteroatoms. The van der Waals surface area contributed by atoms with Gasteiger partial charge in [-0.25, -0.2) is 13.1 Å². The number of ether oxygens (including phenoxy) is 2. The molecular formula is C20H31N3O5S. The van der Waals surface area contributed by atoms with Crippen LogP contribution in [-0.2, 0) is 19.6 Å². The van der Waals surface area contributed by atoms with E-state index >= 15 is 0 Å². The molecular weight excluding hydrogens is 394 g/mol. The highest BCUT2D eigenvalue weighted by Gasteiger charge is 2.45. The summed E-state index contributed by atoms with van der Waals surface area (Å²) in [6.07, 6.45) is 8.14. The molecule has 2 aliphatic carbocycles. The summed E-state index contributed by atoms with van der Waals surface area (Å²) in [4.78, 5) is 16.7. The van der Waals surface area contributed by atoms with Gasteiger partial charge in [0.15, 0.2) is 0 Å². The lowest BCUT2D eigenvalue weighted by Crippen LogP contribution is -2.42. The summed E-state index contributed by atoms with van der Waals surface area (Å²) in [6.45, 7) is 0.243. The van der Waals surface area contributed by atoms with Crippen molar-refractivity contribution in [1.82, 2.24) is 9.71 Å². The van der Waals surface area contributed by atoms with Crippen LogP contribution in [0.3, 0.4) is 0 Å². The molecule has 0 aromatic carbocycles. The first-order chi connectivity index (χ1) is 13.7. The smallest absolute Gasteiger partial charge is 0.226 e. The number of methoxy groups -OCH3 is 1. The SMILES string of the molecule is COc1cccnc1[C@H]1CC[C@@H](OC[C@]2(C(N)=O)CC[C@H](NS(C)(=O)=O)C2)CC1. The Morgan fingerprint density at radius 3 is 2.66 bits per heavy atom. The van der Waals surface area contributed by atoms with Crippen molar-refractivity contribution in [3.8, 4) is 5.75 Å². The summed E-state index contributed by atoms with van der Waals surface area (Å²) in [6, 6.07) is 3.53. The summed E-state index contributed by atoms with van der Waals surface area (Å²) >= 11 is 0. The van der Waals surface area contributed by atoms with Crippen molar-refractivity contribution in [2.45, 2.75) is 63.0 Å². The van der Waals surface area contributed by atoms with Gasteiger partial charge < -0.3 is 15.2 Å². The number of hydrogen-bond donors (Lipinski definition) is 2. The number of nitrogens with two attached hydrogens (primary N) is 1. The summed E-state index contributed by atoms with van der Waals surface area (Å²) in [5, 5.41) is 0. The topological polar surface area (TPSA) is 121 Å². The fraction of sp³-hybridized carbons (Fsp3) is 0.700. The van der Waals surface area contributed by atoms with Gasteiger partial charge in [0.1, 0.15) is 5.75 Å². The number of nitrogens with one attached hydrogen (secondary N) is 1. The number of carbonyl (C=O) groups excluding carboxylic acids is 1. The molecule has 0 bridgehead atoms. The van der Waals surface area contributed by atoms with Crippen LogP contribution >= 0.6 is 0 Å². The Morgan fingerprint density at radius 1 is 1.31 bits per heavy atom. The van der Waals surface area contributed by atoms with E-state index in [0.29, 0.717) is 25.2 Å². The second kappa shape index (κ2) is 8.97. The molecule has 29 heavy (non-hydrogen) atoms. The van der Waals surface area contributed by atoms with Gasteiger partial charge in [0.25, 0.3) is 0 Å². The molecule has 0 radical (unpaired) electrons. The highest BCUT2D eigenvalue weighted by molar-refractivity contribution is 7.88. The minimum Gasteiger partial charge on any atom is -0.495 e. The highest BCUT2D eigenvalue weighted by Crippen LogP contribution is 2.41. The van der Waals surface area contributed by atoms with Gasteiger partial charge in [0, 0.05) is 18.2 Å². The zero-order valence-corrected chi connectivity index (χ0v) is 17.9. The van der Waals surface area contributed by atoms with Crippen molar-refractivity contribution in [1.29, 1.82) is 0 Å². The van der Waals surface area contributed by atoms with Gasteiger partial charge in [-0.1, -0.05) is 0 Å². The predicted molar refractivity (Wildman–Crippen MR) is 109 cm³/mol. The Morgan fingerprint density at radius 2 is 2.03 bits per heavy atom. The van der Waals surface area contributed by atoms with Crippen LogP contribution in [0, 0.1) is 5.41 Å². The van der Waals surface area contributed by atoms with Gasteiger partial charge in [-0.05, 0) is 57.1 Å². The number of primary amides is 1. The summed E-state index contributed by atoms with van der Waals surface area (Å²) in [5.74, 6) is 0.744. The zero-order valence-electron chi connectivity index (χ0n) is 17.1. The molecule has 1 heterocycles. The van der Waals surface area contributed by atoms with Crippen LogP contribution in [0.15, 0.2) is 18.3 Å². The van der Waals surface area contributed by atoms with Gasteiger partial charge in [-0.3, -0.25) is 9.78 Å². The minimum absolute atomic E-state index is 0.0686. The van der Waals surface area contributed by atoms with Gasteiger partial charge in [-0.2, -0.15) is 0 Å². The van der Waals surface area contributed by atoms with Crippen LogP contribution in [-0.4, -0.2) is 51.4 Å². The monoisotopic (exact) mass is 425 g/mol. The molecule has 1 aromatic heterocycles. The van der Waals surface area contributed by atoms with Crippen molar-refractivity contribution in [3.05, 3.63) is 24.0 Å². The van der Waals surface area contributed by atoms with Gasteiger partial charge in [-0.15, -0.1) is 0 Å². The second-order valence-electron chi connectivity index (χ2n) is 8.35. The summed E-state index contributed by atoms with van der Waals surface area (Å²) in [5.41, 5.74) is 5.88. The molecule has 2 aliphatic rings. The average Bonchev–Trinajstić information content (AvgIpc) is 3.09. The third-order valence-corrected chi connectivity index (χ3v) is 6.95. The fourth-order valence-corrected chi connectivity index (χ4v) is 5.42. The van der Waals surface area contributed by atoms with E-state index in [9.17, 15) is 13.2 Å². The first-order valence-electron chi connectivity index (χ1n) is 10.1. The largest absolute Gasteiger partial charge is 0.495 e. The number of sulfonamides is 1. The van der Waals surface area contributed by atoms with E-state index in [2.05, 4.69) is 9.71 Å². The molecule has 3 N–H and O–H groups in total. The molecule has 0 saturated heterocycles. The summed E-state index contributed by atoms with van der Waals surface area (Å²) in [7, 11) is -1.66. The number of rotatable bonds is 8. The van der Waals surface area contributed by atoms with Crippen molar-refractivity contribution in [2.75, 3.05) is 20.0 Å². The van der Waals surface area contributed by atoms with Crippen LogP contribution in [0.2, 0.25) is 0 Å². The maximum atomic E-state index is 12.2. The van der Waals surface area contributed by atoms with Crippen molar-refractivity contribution >= 4 is 15.9 Å². The number of hydrogen-bond acceptors (Lipinski definition) is 6. The maximum Gasteiger partial charge on any atom is 0.226 e. The third kappa shape index (κ3) is 5.46. The lowest BCUT2D eigenvalue weighted by Gasteiger charge is -2.32. The Balaban J connectivity index is 1.54. The van der Waals surface area contributed by atoms with Crippen molar-refractivity contribution in [3.63, 3.8) is 0 Å². The second-order valence-corrected chi connectivity index (χ2v) is 10.1. The number of amides is 1. The number of carbonyl (C=O) groups is 1. The van der Waals surface area contributed by atoms with Crippen LogP contribution in [0.25, 0.3) is 0 Å². The molecule has 2 fully saturated rings. The lowest BCUT2D eigenvalue weighted by atomic mass is 9.83. The Bertz CT molecular complexity index is 823. The molecule has 3 rings (SSSR count). The lowest BCUT2D eigenvalue weighted by molar-refractivity contribution is -0.133. The van der Waals surface area contributed by atoms with Gasteiger partial charge >= 0.3 is 0 Å². The average molecular weight is 426 g/mol. The van der Waals surface area contributed by atoms with E-state index in [-0.39, 0.29) is 18.8 Å². The molecule has 0 aliphatic heterocycles. The molecule has 1 amide bonds. The maximum absolute atomic E-state index is 12.2.